The largest absolute Gasteiger partial charge is 0.354 e. The van der Waals surface area contributed by atoms with Crippen molar-refractivity contribution >= 4 is 5.91 Å². The van der Waals surface area contributed by atoms with Gasteiger partial charge in [-0.3, -0.25) is 4.79 Å². The van der Waals surface area contributed by atoms with Gasteiger partial charge in [0.2, 0.25) is 5.91 Å². The number of carbonyl (C=O) groups is 1. The molecule has 0 heterocycles. The summed E-state index contributed by atoms with van der Waals surface area (Å²) in [6, 6.07) is 12.0. The highest BCUT2D eigenvalue weighted by atomic mass is 16.2. The third-order valence-corrected chi connectivity index (χ3v) is 2.78. The van der Waals surface area contributed by atoms with E-state index < -0.39 is 5.41 Å². The normalized spacial score (nSPS) is 12.6. The number of nitrogens with one attached hydrogen (secondary N) is 1. The zero-order valence-corrected chi connectivity index (χ0v) is 10.5. The summed E-state index contributed by atoms with van der Waals surface area (Å²) in [5.41, 5.74) is 0.221. The van der Waals surface area contributed by atoms with Crippen LogP contribution in [0.3, 0.4) is 0 Å². The Kier molecular flexibility index (Phi) is 4.28. The van der Waals surface area contributed by atoms with E-state index in [0.29, 0.717) is 6.54 Å². The topological polar surface area (TPSA) is 52.9 Å². The molecule has 0 aliphatic carbocycles. The van der Waals surface area contributed by atoms with Crippen LogP contribution in [0.1, 0.15) is 32.3 Å². The van der Waals surface area contributed by atoms with Crippen molar-refractivity contribution in [2.45, 2.75) is 26.7 Å². The Morgan fingerprint density at radius 2 is 2.00 bits per heavy atom. The summed E-state index contributed by atoms with van der Waals surface area (Å²) < 4.78 is 0. The van der Waals surface area contributed by atoms with E-state index in [-0.39, 0.29) is 11.8 Å². The molecule has 0 aliphatic heterocycles. The Hall–Kier alpha value is -1.82. The van der Waals surface area contributed by atoms with Crippen molar-refractivity contribution in [1.29, 1.82) is 5.26 Å². The summed E-state index contributed by atoms with van der Waals surface area (Å²) in [5, 5.41) is 11.6. The molecule has 3 heteroatoms. The molecular formula is C14H18N2O. The molecule has 1 N–H and O–H groups in total. The lowest BCUT2D eigenvalue weighted by Crippen LogP contribution is -2.37. The summed E-state index contributed by atoms with van der Waals surface area (Å²) in [4.78, 5) is 11.7. The van der Waals surface area contributed by atoms with Crippen LogP contribution in [0.5, 0.6) is 0 Å². The van der Waals surface area contributed by atoms with E-state index in [2.05, 4.69) is 12.2 Å². The lowest BCUT2D eigenvalue weighted by Gasteiger charge is -2.18. The molecule has 3 nitrogen and oxygen atoms in total. The molecule has 1 rings (SSSR count). The maximum Gasteiger partial charge on any atom is 0.239 e. The summed E-state index contributed by atoms with van der Waals surface area (Å²) in [6.45, 7) is 5.84. The quantitative estimate of drug-likeness (QED) is 0.863. The van der Waals surface area contributed by atoms with Gasteiger partial charge in [0, 0.05) is 6.54 Å². The second-order valence-corrected chi connectivity index (χ2v) is 4.76. The molecule has 1 atom stereocenters. The van der Waals surface area contributed by atoms with Crippen LogP contribution in [0.15, 0.2) is 30.3 Å². The molecular weight excluding hydrogens is 212 g/mol. The number of rotatable bonds is 4. The van der Waals surface area contributed by atoms with Crippen LogP contribution in [0.4, 0.5) is 0 Å². The Balaban J connectivity index is 2.53. The summed E-state index contributed by atoms with van der Waals surface area (Å²) in [7, 11) is 0. The first-order chi connectivity index (χ1) is 7.97. The predicted molar refractivity (Wildman–Crippen MR) is 67.3 cm³/mol. The average Bonchev–Trinajstić information content (AvgIpc) is 2.36. The van der Waals surface area contributed by atoms with E-state index in [0.717, 1.165) is 0 Å². The van der Waals surface area contributed by atoms with Crippen molar-refractivity contribution in [2.24, 2.45) is 5.41 Å². The van der Waals surface area contributed by atoms with Crippen molar-refractivity contribution in [3.63, 3.8) is 0 Å². The molecule has 0 aliphatic rings. The second kappa shape index (κ2) is 5.49. The molecule has 0 saturated carbocycles. The minimum atomic E-state index is -0.962. The molecule has 0 fully saturated rings. The first-order valence-corrected chi connectivity index (χ1v) is 5.72. The molecule has 0 saturated heterocycles. The van der Waals surface area contributed by atoms with E-state index in [1.54, 1.807) is 13.8 Å². The standard InChI is InChI=1S/C14H18N2O/c1-11(12-7-5-4-6-8-12)9-16-13(17)14(2,3)10-15/h4-8,11H,9H2,1-3H3,(H,16,17). The third kappa shape index (κ3) is 3.60. The van der Waals surface area contributed by atoms with Gasteiger partial charge in [-0.1, -0.05) is 37.3 Å². The van der Waals surface area contributed by atoms with Gasteiger partial charge in [0.15, 0.2) is 0 Å². The summed E-state index contributed by atoms with van der Waals surface area (Å²) in [5.74, 6) is 0.0254. The molecule has 0 spiro atoms. The summed E-state index contributed by atoms with van der Waals surface area (Å²) >= 11 is 0. The van der Waals surface area contributed by atoms with Gasteiger partial charge in [0.25, 0.3) is 0 Å². The highest BCUT2D eigenvalue weighted by Gasteiger charge is 2.27. The number of nitrogens with zero attached hydrogens (tertiary/aromatic N) is 1. The van der Waals surface area contributed by atoms with E-state index >= 15 is 0 Å². The van der Waals surface area contributed by atoms with Crippen LogP contribution in [-0.2, 0) is 4.79 Å². The van der Waals surface area contributed by atoms with E-state index in [4.69, 9.17) is 5.26 Å². The first-order valence-electron chi connectivity index (χ1n) is 5.72. The van der Waals surface area contributed by atoms with Crippen LogP contribution in [0, 0.1) is 16.7 Å². The van der Waals surface area contributed by atoms with Gasteiger partial charge in [0.05, 0.1) is 6.07 Å². The zero-order valence-electron chi connectivity index (χ0n) is 10.5. The van der Waals surface area contributed by atoms with Gasteiger partial charge in [-0.15, -0.1) is 0 Å². The minimum absolute atomic E-state index is 0.220. The highest BCUT2D eigenvalue weighted by molar-refractivity contribution is 5.84. The van der Waals surface area contributed by atoms with Gasteiger partial charge < -0.3 is 5.32 Å². The van der Waals surface area contributed by atoms with Gasteiger partial charge in [-0.25, -0.2) is 0 Å². The molecule has 17 heavy (non-hydrogen) atoms. The summed E-state index contributed by atoms with van der Waals surface area (Å²) in [6.07, 6.45) is 0. The van der Waals surface area contributed by atoms with Crippen molar-refractivity contribution in [3.8, 4) is 6.07 Å². The molecule has 1 aromatic carbocycles. The van der Waals surface area contributed by atoms with Gasteiger partial charge in [-0.05, 0) is 25.3 Å². The van der Waals surface area contributed by atoms with Crippen molar-refractivity contribution in [3.05, 3.63) is 35.9 Å². The molecule has 0 radical (unpaired) electrons. The number of hydrogen-bond acceptors (Lipinski definition) is 2. The van der Waals surface area contributed by atoms with Crippen LogP contribution in [0.25, 0.3) is 0 Å². The number of hydrogen-bond donors (Lipinski definition) is 1. The maximum atomic E-state index is 11.7. The number of amides is 1. The first kappa shape index (κ1) is 13.2. The lowest BCUT2D eigenvalue weighted by molar-refractivity contribution is -0.126. The Morgan fingerprint density at radius 1 is 1.41 bits per heavy atom. The smallest absolute Gasteiger partial charge is 0.239 e. The third-order valence-electron chi connectivity index (χ3n) is 2.78. The van der Waals surface area contributed by atoms with Crippen LogP contribution in [-0.4, -0.2) is 12.5 Å². The Morgan fingerprint density at radius 3 is 2.53 bits per heavy atom. The molecule has 1 amide bonds. The average molecular weight is 230 g/mol. The molecule has 1 unspecified atom stereocenters. The van der Waals surface area contributed by atoms with Crippen LogP contribution in [0.2, 0.25) is 0 Å². The zero-order chi connectivity index (χ0) is 12.9. The number of benzene rings is 1. The number of nitriles is 1. The predicted octanol–water partition coefficient (Wildman–Crippen LogP) is 2.46. The second-order valence-electron chi connectivity index (χ2n) is 4.76. The number of carbonyl (C=O) groups excluding carboxylic acids is 1. The lowest BCUT2D eigenvalue weighted by atomic mass is 9.94. The molecule has 1 aromatic rings. The highest BCUT2D eigenvalue weighted by Crippen LogP contribution is 2.16. The fourth-order valence-corrected chi connectivity index (χ4v) is 1.42. The fourth-order valence-electron chi connectivity index (χ4n) is 1.42. The fraction of sp³-hybridized carbons (Fsp3) is 0.429. The van der Waals surface area contributed by atoms with Gasteiger partial charge in [0.1, 0.15) is 5.41 Å². The molecule has 0 aromatic heterocycles. The van der Waals surface area contributed by atoms with E-state index in [9.17, 15) is 4.79 Å². The van der Waals surface area contributed by atoms with Crippen molar-refractivity contribution in [1.82, 2.24) is 5.32 Å². The minimum Gasteiger partial charge on any atom is -0.354 e. The van der Waals surface area contributed by atoms with Crippen LogP contribution < -0.4 is 5.32 Å². The molecule has 0 bridgehead atoms. The van der Waals surface area contributed by atoms with E-state index in [1.165, 1.54) is 5.56 Å². The Bertz CT molecular complexity index is 418. The SMILES string of the molecule is CC(CNC(=O)C(C)(C)C#N)c1ccccc1. The van der Waals surface area contributed by atoms with Gasteiger partial charge >= 0.3 is 0 Å². The monoisotopic (exact) mass is 230 g/mol. The van der Waals surface area contributed by atoms with Crippen molar-refractivity contribution < 1.29 is 4.79 Å². The maximum absolute atomic E-state index is 11.7. The van der Waals surface area contributed by atoms with Gasteiger partial charge in [-0.2, -0.15) is 5.26 Å². The van der Waals surface area contributed by atoms with E-state index in [1.807, 2.05) is 36.4 Å². The Labute approximate surface area is 102 Å². The van der Waals surface area contributed by atoms with Crippen molar-refractivity contribution in [2.75, 3.05) is 6.54 Å². The molecule has 90 valence electrons. The van der Waals surface area contributed by atoms with Crippen LogP contribution >= 0.6 is 0 Å².